The van der Waals surface area contributed by atoms with E-state index in [9.17, 15) is 0 Å². The van der Waals surface area contributed by atoms with Crippen LogP contribution in [-0.2, 0) is 0 Å². The Morgan fingerprint density at radius 3 is 2.77 bits per heavy atom. The molecule has 2 aromatic rings. The summed E-state index contributed by atoms with van der Waals surface area (Å²) in [4.78, 5) is 1.81. The Labute approximate surface area is 77.2 Å². The highest BCUT2D eigenvalue weighted by Crippen LogP contribution is 1.97. The van der Waals surface area contributed by atoms with Gasteiger partial charge in [0.05, 0.1) is 0 Å². The van der Waals surface area contributed by atoms with Crippen LogP contribution >= 0.6 is 0 Å². The van der Waals surface area contributed by atoms with Gasteiger partial charge in [-0.05, 0) is 11.7 Å². The summed E-state index contributed by atoms with van der Waals surface area (Å²) in [5, 5.41) is 4.33. The zero-order chi connectivity index (χ0) is 9.26. The van der Waals surface area contributed by atoms with Gasteiger partial charge in [-0.1, -0.05) is 0 Å². The van der Waals surface area contributed by atoms with Crippen LogP contribution in [0, 0.1) is 20.0 Å². The molecule has 0 aliphatic rings. The van der Waals surface area contributed by atoms with Gasteiger partial charge in [0, 0.05) is 30.5 Å². The maximum absolute atomic E-state index is 4.33. The van der Waals surface area contributed by atoms with Crippen molar-refractivity contribution >= 4 is 0 Å². The lowest BCUT2D eigenvalue weighted by Crippen LogP contribution is -2.43. The van der Waals surface area contributed by atoms with Gasteiger partial charge in [-0.2, -0.15) is 6.07 Å². The second kappa shape index (κ2) is 3.01. The highest BCUT2D eigenvalue weighted by atomic mass is 15.6. The van der Waals surface area contributed by atoms with Crippen LogP contribution in [0.3, 0.4) is 0 Å². The third kappa shape index (κ3) is 1.45. The molecule has 0 atom stereocenters. The van der Waals surface area contributed by atoms with Crippen molar-refractivity contribution in [3.05, 3.63) is 48.0 Å². The van der Waals surface area contributed by atoms with E-state index < -0.39 is 0 Å². The molecule has 2 aromatic heterocycles. The second-order valence-electron chi connectivity index (χ2n) is 2.99. The predicted octanol–water partition coefficient (Wildman–Crippen LogP) is 0.899. The highest BCUT2D eigenvalue weighted by Gasteiger charge is 2.06. The zero-order valence-corrected chi connectivity index (χ0v) is 7.73. The Balaban J connectivity index is 2.53. The van der Waals surface area contributed by atoms with Crippen molar-refractivity contribution in [2.24, 2.45) is 0 Å². The van der Waals surface area contributed by atoms with Crippen molar-refractivity contribution in [2.45, 2.75) is 13.8 Å². The Bertz CT molecular complexity index is 403. The minimum absolute atomic E-state index is 1.02. The van der Waals surface area contributed by atoms with Crippen molar-refractivity contribution < 1.29 is 4.68 Å². The third-order valence-corrected chi connectivity index (χ3v) is 1.83. The van der Waals surface area contributed by atoms with E-state index in [0.29, 0.717) is 0 Å². The van der Waals surface area contributed by atoms with Crippen LogP contribution < -0.4 is 4.68 Å². The molecule has 3 nitrogen and oxygen atoms in total. The number of hydrogen-bond donors (Lipinski definition) is 0. The summed E-state index contributed by atoms with van der Waals surface area (Å²) in [5.74, 6) is 0. The molecule has 0 amide bonds. The van der Waals surface area contributed by atoms with Gasteiger partial charge in [0.25, 0.3) is 0 Å². The molecule has 0 aliphatic heterocycles. The first kappa shape index (κ1) is 7.98. The fourth-order valence-electron chi connectivity index (χ4n) is 1.30. The fraction of sp³-hybridized carbons (Fsp3) is 0.200. The van der Waals surface area contributed by atoms with Crippen molar-refractivity contribution in [1.29, 1.82) is 0 Å². The molecule has 66 valence electrons. The molecule has 0 fully saturated rings. The summed E-state index contributed by atoms with van der Waals surface area (Å²) in [6.07, 6.45) is 4.97. The van der Waals surface area contributed by atoms with Gasteiger partial charge in [0.2, 0.25) is 0 Å². The SMILES string of the molecule is Cc1cc(C)n(-[n+]2[c-]cccc2)n1. The number of hydrogen-bond acceptors (Lipinski definition) is 1. The number of aromatic nitrogens is 3. The van der Waals surface area contributed by atoms with E-state index in [2.05, 4.69) is 11.3 Å². The standard InChI is InChI=1S/C10H11N3/c1-9-8-10(2)13(11-9)12-6-4-3-5-7-12/h3-6,8H,1-2H3. The summed E-state index contributed by atoms with van der Waals surface area (Å²) < 4.78 is 1.82. The largest absolute Gasteiger partial charge is 0.238 e. The molecule has 0 bridgehead atoms. The average molecular weight is 173 g/mol. The summed E-state index contributed by atoms with van der Waals surface area (Å²) in [5.41, 5.74) is 2.12. The van der Waals surface area contributed by atoms with E-state index in [1.54, 1.807) is 0 Å². The van der Waals surface area contributed by atoms with E-state index in [1.807, 2.05) is 53.8 Å². The Hall–Kier alpha value is -1.64. The quantitative estimate of drug-likeness (QED) is 0.464. The topological polar surface area (TPSA) is 21.7 Å². The maximum Gasteiger partial charge on any atom is 0.177 e. The lowest BCUT2D eigenvalue weighted by Gasteiger charge is -2.02. The average Bonchev–Trinajstić information content (AvgIpc) is 2.47. The molecule has 0 saturated heterocycles. The molecule has 3 heteroatoms. The number of aryl methyl sites for hydroxylation is 2. The van der Waals surface area contributed by atoms with Crippen LogP contribution in [0.1, 0.15) is 11.4 Å². The smallest absolute Gasteiger partial charge is 0.177 e. The number of nitrogens with zero attached hydrogens (tertiary/aromatic N) is 3. The van der Waals surface area contributed by atoms with Gasteiger partial charge in [-0.3, -0.25) is 0 Å². The molecule has 13 heavy (non-hydrogen) atoms. The lowest BCUT2D eigenvalue weighted by molar-refractivity contribution is -0.740. The number of rotatable bonds is 1. The molecule has 0 unspecified atom stereocenters. The van der Waals surface area contributed by atoms with Gasteiger partial charge >= 0.3 is 0 Å². The lowest BCUT2D eigenvalue weighted by atomic mass is 10.4. The monoisotopic (exact) mass is 173 g/mol. The Kier molecular flexibility index (Phi) is 1.85. The molecule has 0 N–H and O–H groups in total. The summed E-state index contributed by atoms with van der Waals surface area (Å²) in [7, 11) is 0. The predicted molar refractivity (Wildman–Crippen MR) is 48.0 cm³/mol. The van der Waals surface area contributed by atoms with Gasteiger partial charge in [0.1, 0.15) is 5.69 Å². The van der Waals surface area contributed by atoms with Crippen LogP contribution in [0.25, 0.3) is 0 Å². The van der Waals surface area contributed by atoms with Crippen molar-refractivity contribution in [1.82, 2.24) is 9.89 Å². The van der Waals surface area contributed by atoms with E-state index >= 15 is 0 Å². The fourth-order valence-corrected chi connectivity index (χ4v) is 1.30. The van der Waals surface area contributed by atoms with Crippen molar-refractivity contribution in [2.75, 3.05) is 0 Å². The van der Waals surface area contributed by atoms with Crippen LogP contribution in [0.15, 0.2) is 30.5 Å². The normalized spacial score (nSPS) is 10.3. The minimum Gasteiger partial charge on any atom is -0.238 e. The summed E-state index contributed by atoms with van der Waals surface area (Å²) in [6, 6.07) is 7.78. The summed E-state index contributed by atoms with van der Waals surface area (Å²) in [6.45, 7) is 4.00. The molecule has 0 spiro atoms. The molecule has 0 aliphatic carbocycles. The van der Waals surface area contributed by atoms with Gasteiger partial charge in [-0.25, -0.2) is 4.68 Å². The van der Waals surface area contributed by atoms with Crippen LogP contribution in [-0.4, -0.2) is 9.89 Å². The molecular formula is C10H11N3. The van der Waals surface area contributed by atoms with E-state index in [1.165, 1.54) is 0 Å². The van der Waals surface area contributed by atoms with Crippen LogP contribution in [0.2, 0.25) is 0 Å². The van der Waals surface area contributed by atoms with Gasteiger partial charge < -0.3 is 0 Å². The third-order valence-electron chi connectivity index (χ3n) is 1.83. The number of pyridine rings is 1. The minimum atomic E-state index is 1.02. The first-order valence-electron chi connectivity index (χ1n) is 4.20. The van der Waals surface area contributed by atoms with Crippen molar-refractivity contribution in [3.8, 4) is 0 Å². The van der Waals surface area contributed by atoms with Gasteiger partial charge in [0.15, 0.2) is 5.69 Å². The van der Waals surface area contributed by atoms with E-state index in [4.69, 9.17) is 0 Å². The van der Waals surface area contributed by atoms with Crippen molar-refractivity contribution in [3.63, 3.8) is 0 Å². The van der Waals surface area contributed by atoms with Gasteiger partial charge in [-0.15, -0.1) is 12.1 Å². The Morgan fingerprint density at radius 1 is 1.38 bits per heavy atom. The second-order valence-corrected chi connectivity index (χ2v) is 2.99. The first-order valence-corrected chi connectivity index (χ1v) is 4.20. The maximum atomic E-state index is 4.33. The molecule has 0 aromatic carbocycles. The van der Waals surface area contributed by atoms with E-state index in [0.717, 1.165) is 11.4 Å². The molecule has 0 radical (unpaired) electrons. The Morgan fingerprint density at radius 2 is 2.23 bits per heavy atom. The molecule has 2 rings (SSSR count). The molecular weight excluding hydrogens is 162 g/mol. The zero-order valence-electron chi connectivity index (χ0n) is 7.73. The summed E-state index contributed by atoms with van der Waals surface area (Å²) >= 11 is 0. The van der Waals surface area contributed by atoms with Crippen LogP contribution in [0.5, 0.6) is 0 Å². The van der Waals surface area contributed by atoms with E-state index in [-0.39, 0.29) is 0 Å². The highest BCUT2D eigenvalue weighted by molar-refractivity contribution is 5.04. The molecule has 2 heterocycles. The van der Waals surface area contributed by atoms with Crippen LogP contribution in [0.4, 0.5) is 0 Å². The first-order chi connectivity index (χ1) is 6.27. The molecule has 0 saturated carbocycles.